The van der Waals surface area contributed by atoms with Crippen LogP contribution in [0.25, 0.3) is 0 Å². The molecule has 3 heteroatoms. The van der Waals surface area contributed by atoms with Crippen LogP contribution in [0, 0.1) is 0 Å². The lowest BCUT2D eigenvalue weighted by molar-refractivity contribution is 0.304. The van der Waals surface area contributed by atoms with E-state index in [1.54, 1.807) is 0 Å². The first-order chi connectivity index (χ1) is 12.4. The van der Waals surface area contributed by atoms with Crippen molar-refractivity contribution in [1.82, 2.24) is 10.6 Å². The molecule has 2 rings (SSSR count). The Labute approximate surface area is 154 Å². The molecule has 1 heterocycles. The van der Waals surface area contributed by atoms with Crippen molar-refractivity contribution in [3.63, 3.8) is 0 Å². The van der Waals surface area contributed by atoms with E-state index in [-0.39, 0.29) is 0 Å². The Morgan fingerprint density at radius 1 is 0.840 bits per heavy atom. The fourth-order valence-electron chi connectivity index (χ4n) is 3.46. The van der Waals surface area contributed by atoms with Crippen molar-refractivity contribution >= 4 is 0 Å². The Morgan fingerprint density at radius 3 is 2.08 bits per heavy atom. The highest BCUT2D eigenvalue weighted by Gasteiger charge is 2.13. The van der Waals surface area contributed by atoms with E-state index in [2.05, 4.69) is 41.8 Å². The lowest BCUT2D eigenvalue weighted by atomic mass is 10.1. The molecule has 1 fully saturated rings. The first-order valence-corrected chi connectivity index (χ1v) is 10.6. The molecule has 0 saturated carbocycles. The Balaban J connectivity index is 1.46. The molecule has 2 N–H and O–H groups in total. The van der Waals surface area contributed by atoms with Crippen molar-refractivity contribution in [3.8, 4) is 5.75 Å². The summed E-state index contributed by atoms with van der Waals surface area (Å²) in [4.78, 5) is 0. The van der Waals surface area contributed by atoms with Gasteiger partial charge in [-0.3, -0.25) is 0 Å². The monoisotopic (exact) mass is 346 g/mol. The van der Waals surface area contributed by atoms with Gasteiger partial charge in [0.2, 0.25) is 0 Å². The summed E-state index contributed by atoms with van der Waals surface area (Å²) in [5.41, 5.74) is 1.35. The molecule has 1 atom stereocenters. The van der Waals surface area contributed by atoms with Crippen LogP contribution in [0.2, 0.25) is 0 Å². The minimum absolute atomic E-state index is 0.435. The van der Waals surface area contributed by atoms with Gasteiger partial charge in [0.25, 0.3) is 0 Å². The summed E-state index contributed by atoms with van der Waals surface area (Å²) in [6, 6.07) is 9.05. The van der Waals surface area contributed by atoms with Gasteiger partial charge in [-0.05, 0) is 24.1 Å². The predicted octanol–water partition coefficient (Wildman–Crippen LogP) is 5.22. The number of rotatable bonds is 13. The average molecular weight is 347 g/mol. The van der Waals surface area contributed by atoms with Crippen molar-refractivity contribution in [3.05, 3.63) is 29.8 Å². The molecule has 1 aromatic carbocycles. The maximum absolute atomic E-state index is 5.88. The van der Waals surface area contributed by atoms with E-state index in [4.69, 9.17) is 4.74 Å². The third-order valence-electron chi connectivity index (χ3n) is 5.09. The van der Waals surface area contributed by atoms with Crippen LogP contribution >= 0.6 is 0 Å². The minimum atomic E-state index is 0.435. The van der Waals surface area contributed by atoms with Crippen molar-refractivity contribution in [1.29, 1.82) is 0 Å². The summed E-state index contributed by atoms with van der Waals surface area (Å²) < 4.78 is 5.88. The summed E-state index contributed by atoms with van der Waals surface area (Å²) in [6.07, 6.45) is 13.7. The largest absolute Gasteiger partial charge is 0.494 e. The van der Waals surface area contributed by atoms with Crippen molar-refractivity contribution in [2.24, 2.45) is 0 Å². The maximum Gasteiger partial charge on any atom is 0.119 e. The maximum atomic E-state index is 5.88. The highest BCUT2D eigenvalue weighted by Crippen LogP contribution is 2.19. The van der Waals surface area contributed by atoms with E-state index < -0.39 is 0 Å². The standard InChI is InChI=1S/C22H38N2O/c1-2-3-4-5-6-7-8-9-10-11-18-25-21-14-12-20(13-15-21)22-19-23-16-17-24-22/h12-15,22-24H,2-11,16-19H2,1H3/t22-/m1/s1. The van der Waals surface area contributed by atoms with Crippen molar-refractivity contribution in [2.75, 3.05) is 26.2 Å². The van der Waals surface area contributed by atoms with Crippen LogP contribution < -0.4 is 15.4 Å². The van der Waals surface area contributed by atoms with Gasteiger partial charge in [-0.25, -0.2) is 0 Å². The zero-order chi connectivity index (χ0) is 17.6. The molecule has 1 aromatic rings. The number of piperazine rings is 1. The highest BCUT2D eigenvalue weighted by atomic mass is 16.5. The molecular formula is C22H38N2O. The number of hydrogen-bond acceptors (Lipinski definition) is 3. The number of hydrogen-bond donors (Lipinski definition) is 2. The summed E-state index contributed by atoms with van der Waals surface area (Å²) in [5.74, 6) is 1.00. The van der Waals surface area contributed by atoms with E-state index >= 15 is 0 Å². The SMILES string of the molecule is CCCCCCCCCCCCOc1ccc([C@H]2CNCCN2)cc1. The Kier molecular flexibility index (Phi) is 10.7. The predicted molar refractivity (Wildman–Crippen MR) is 107 cm³/mol. The second kappa shape index (κ2) is 13.2. The molecule has 0 amide bonds. The molecule has 0 unspecified atom stereocenters. The lowest BCUT2D eigenvalue weighted by Crippen LogP contribution is -2.42. The first-order valence-electron chi connectivity index (χ1n) is 10.6. The normalized spacial score (nSPS) is 17.6. The average Bonchev–Trinajstić information content (AvgIpc) is 2.67. The van der Waals surface area contributed by atoms with Gasteiger partial charge in [-0.15, -0.1) is 0 Å². The smallest absolute Gasteiger partial charge is 0.119 e. The molecular weight excluding hydrogens is 308 g/mol. The Hall–Kier alpha value is -1.06. The van der Waals surface area contributed by atoms with Crippen LogP contribution in [0.4, 0.5) is 0 Å². The van der Waals surface area contributed by atoms with E-state index in [1.807, 2.05) is 0 Å². The highest BCUT2D eigenvalue weighted by molar-refractivity contribution is 5.29. The molecule has 142 valence electrons. The first kappa shape index (κ1) is 20.3. The molecule has 0 bridgehead atoms. The lowest BCUT2D eigenvalue weighted by Gasteiger charge is -2.24. The van der Waals surface area contributed by atoms with Crippen LogP contribution in [-0.2, 0) is 0 Å². The zero-order valence-corrected chi connectivity index (χ0v) is 16.2. The fourth-order valence-corrected chi connectivity index (χ4v) is 3.46. The van der Waals surface area contributed by atoms with E-state index in [0.29, 0.717) is 6.04 Å². The molecule has 0 aromatic heterocycles. The summed E-state index contributed by atoms with van der Waals surface area (Å²) in [6.45, 7) is 6.25. The van der Waals surface area contributed by atoms with E-state index in [0.717, 1.165) is 32.0 Å². The molecule has 1 aliphatic heterocycles. The van der Waals surface area contributed by atoms with Gasteiger partial charge >= 0.3 is 0 Å². The quantitative estimate of drug-likeness (QED) is 0.480. The number of benzene rings is 1. The summed E-state index contributed by atoms with van der Waals surface area (Å²) >= 11 is 0. The van der Waals surface area contributed by atoms with Gasteiger partial charge in [-0.1, -0.05) is 76.8 Å². The van der Waals surface area contributed by atoms with Crippen LogP contribution in [0.3, 0.4) is 0 Å². The number of nitrogens with one attached hydrogen (secondary N) is 2. The Morgan fingerprint density at radius 2 is 1.48 bits per heavy atom. The van der Waals surface area contributed by atoms with Gasteiger partial charge in [0.05, 0.1) is 6.61 Å². The van der Waals surface area contributed by atoms with Crippen LogP contribution in [0.1, 0.15) is 82.7 Å². The Bertz CT molecular complexity index is 426. The zero-order valence-electron chi connectivity index (χ0n) is 16.2. The summed E-state index contributed by atoms with van der Waals surface area (Å²) in [7, 11) is 0. The third kappa shape index (κ3) is 8.73. The molecule has 1 aliphatic rings. The van der Waals surface area contributed by atoms with Gasteiger partial charge in [-0.2, -0.15) is 0 Å². The van der Waals surface area contributed by atoms with Crippen LogP contribution in [0.15, 0.2) is 24.3 Å². The topological polar surface area (TPSA) is 33.3 Å². The van der Waals surface area contributed by atoms with Gasteiger partial charge in [0, 0.05) is 25.7 Å². The number of unbranched alkanes of at least 4 members (excludes halogenated alkanes) is 9. The third-order valence-corrected chi connectivity index (χ3v) is 5.09. The molecule has 1 saturated heterocycles. The second-order valence-corrected chi connectivity index (χ2v) is 7.31. The van der Waals surface area contributed by atoms with Crippen LogP contribution in [0.5, 0.6) is 5.75 Å². The van der Waals surface area contributed by atoms with E-state index in [9.17, 15) is 0 Å². The summed E-state index contributed by atoms with van der Waals surface area (Å²) in [5, 5.41) is 6.97. The second-order valence-electron chi connectivity index (χ2n) is 7.31. The van der Waals surface area contributed by atoms with Gasteiger partial charge in [0.1, 0.15) is 5.75 Å². The minimum Gasteiger partial charge on any atom is -0.494 e. The number of ether oxygens (including phenoxy) is 1. The van der Waals surface area contributed by atoms with Gasteiger partial charge < -0.3 is 15.4 Å². The van der Waals surface area contributed by atoms with Crippen molar-refractivity contribution in [2.45, 2.75) is 77.2 Å². The molecule has 0 aliphatic carbocycles. The molecule has 25 heavy (non-hydrogen) atoms. The van der Waals surface area contributed by atoms with Crippen molar-refractivity contribution < 1.29 is 4.74 Å². The molecule has 3 nitrogen and oxygen atoms in total. The molecule has 0 radical (unpaired) electrons. The van der Waals surface area contributed by atoms with Crippen LogP contribution in [-0.4, -0.2) is 26.2 Å². The van der Waals surface area contributed by atoms with E-state index in [1.165, 1.54) is 69.8 Å². The fraction of sp³-hybridized carbons (Fsp3) is 0.727. The molecule has 0 spiro atoms. The van der Waals surface area contributed by atoms with Gasteiger partial charge in [0.15, 0.2) is 0 Å².